The van der Waals surface area contributed by atoms with Crippen molar-refractivity contribution in [2.24, 2.45) is 11.8 Å². The van der Waals surface area contributed by atoms with E-state index in [1.54, 1.807) is 13.3 Å². The van der Waals surface area contributed by atoms with Crippen LogP contribution in [0, 0.1) is 17.7 Å². The van der Waals surface area contributed by atoms with Crippen LogP contribution in [-0.2, 0) is 9.53 Å². The van der Waals surface area contributed by atoms with Crippen molar-refractivity contribution in [2.45, 2.75) is 38.0 Å². The molecule has 13 heteroatoms. The molecule has 4 fully saturated rings. The van der Waals surface area contributed by atoms with Gasteiger partial charge >= 0.3 is 5.97 Å². The Hall–Kier alpha value is -5.01. The van der Waals surface area contributed by atoms with Crippen molar-refractivity contribution in [3.8, 4) is 11.5 Å². The van der Waals surface area contributed by atoms with Crippen LogP contribution in [0.4, 0.5) is 10.1 Å². The van der Waals surface area contributed by atoms with E-state index in [1.165, 1.54) is 12.3 Å². The Kier molecular flexibility index (Phi) is 9.32. The number of carbonyl (C=O) groups is 2. The summed E-state index contributed by atoms with van der Waals surface area (Å²) < 4.78 is 35.6. The van der Waals surface area contributed by atoms with Crippen molar-refractivity contribution in [3.63, 3.8) is 0 Å². The van der Waals surface area contributed by atoms with Crippen LogP contribution in [-0.4, -0.2) is 104 Å². The number of esters is 1. The Bertz CT molecular complexity index is 2170. The van der Waals surface area contributed by atoms with Crippen LogP contribution in [0.5, 0.6) is 11.5 Å². The lowest BCUT2D eigenvalue weighted by molar-refractivity contribution is -0.156. The maximum atomic E-state index is 15.9. The molecule has 2 aromatic carbocycles. The summed E-state index contributed by atoms with van der Waals surface area (Å²) in [5.41, 5.74) is 1.52. The molecule has 6 atom stereocenters. The number of rotatable bonds is 9. The SMILES string of the molecule is C=C[C@H]1CN2CC[C@H]1C[C@H]2[C@H](OC(=O)CNC(=O)c1cn2c3c(c(N4CCN(C)CC4)c(F)cc3c1=O)OC[C@H]2C)c1ccnc2ccc(OC)cc12. The van der Waals surface area contributed by atoms with Crippen molar-refractivity contribution in [3.05, 3.63) is 82.5 Å². The van der Waals surface area contributed by atoms with Gasteiger partial charge in [-0.3, -0.25) is 24.3 Å². The summed E-state index contributed by atoms with van der Waals surface area (Å²) in [6, 6.07) is 8.38. The van der Waals surface area contributed by atoms with Crippen LogP contribution >= 0.6 is 0 Å². The van der Waals surface area contributed by atoms with Crippen molar-refractivity contribution < 1.29 is 28.2 Å². The van der Waals surface area contributed by atoms with E-state index in [0.29, 0.717) is 47.6 Å². The van der Waals surface area contributed by atoms with Gasteiger partial charge in [0.25, 0.3) is 5.91 Å². The second kappa shape index (κ2) is 14.1. The van der Waals surface area contributed by atoms with Gasteiger partial charge in [0.2, 0.25) is 5.43 Å². The number of halogens is 1. The van der Waals surface area contributed by atoms with Gasteiger partial charge in [-0.15, -0.1) is 6.58 Å². The molecule has 2 aromatic heterocycles. The van der Waals surface area contributed by atoms with Crippen molar-refractivity contribution in [1.29, 1.82) is 0 Å². The van der Waals surface area contributed by atoms with Gasteiger partial charge in [0.15, 0.2) is 11.6 Å². The predicted molar refractivity (Wildman–Crippen MR) is 199 cm³/mol. The number of hydrogen-bond donors (Lipinski definition) is 1. The summed E-state index contributed by atoms with van der Waals surface area (Å²) >= 11 is 0. The highest BCUT2D eigenvalue weighted by Gasteiger charge is 2.44. The number of benzene rings is 2. The van der Waals surface area contributed by atoms with Crippen molar-refractivity contribution in [1.82, 2.24) is 24.7 Å². The number of anilines is 1. The van der Waals surface area contributed by atoms with Crippen LogP contribution < -0.4 is 25.1 Å². The number of nitrogens with zero attached hydrogens (tertiary/aromatic N) is 5. The first-order valence-electron chi connectivity index (χ1n) is 18.4. The van der Waals surface area contributed by atoms with E-state index in [0.717, 1.165) is 55.5 Å². The zero-order valence-electron chi connectivity index (χ0n) is 30.3. The largest absolute Gasteiger partial charge is 0.497 e. The number of fused-ring (bicyclic) bond motifs is 4. The fourth-order valence-electron chi connectivity index (χ4n) is 8.69. The number of piperazine rings is 1. The maximum Gasteiger partial charge on any atom is 0.326 e. The Labute approximate surface area is 307 Å². The highest BCUT2D eigenvalue weighted by molar-refractivity contribution is 6.01. The van der Waals surface area contributed by atoms with Gasteiger partial charge in [-0.05, 0) is 75.5 Å². The number of nitrogens with one attached hydrogen (secondary N) is 1. The molecule has 7 heterocycles. The molecule has 5 aliphatic rings. The van der Waals surface area contributed by atoms with Gasteiger partial charge < -0.3 is 33.9 Å². The third kappa shape index (κ3) is 6.29. The second-order valence-electron chi connectivity index (χ2n) is 14.8. The standard InChI is InChI=1S/C40H45FN6O6/c1-5-24-20-46-11-9-25(24)16-33(46)38(27-8-10-42-32-7-6-26(51-4)17-28(27)32)53-34(48)19-43-40(50)30-21-47-23(2)22-52-39-35(47)29(37(30)49)18-31(41)36(39)45-14-12-44(3)13-15-45/h5-8,10,17-18,21,23-25,33,38H,1,9,11-16,19-20,22H2,2-4H3,(H,43,50)/t23-,24+,25+,33+,38-/m1/s1. The Morgan fingerprint density at radius 3 is 2.70 bits per heavy atom. The monoisotopic (exact) mass is 724 g/mol. The number of piperidine rings is 3. The van der Waals surface area contributed by atoms with Gasteiger partial charge in [0.05, 0.1) is 35.6 Å². The van der Waals surface area contributed by atoms with E-state index in [4.69, 9.17) is 14.2 Å². The second-order valence-corrected chi connectivity index (χ2v) is 14.8. The lowest BCUT2D eigenvalue weighted by atomic mass is 9.73. The van der Waals surface area contributed by atoms with E-state index < -0.39 is 35.8 Å². The minimum absolute atomic E-state index is 0.0523. The minimum atomic E-state index is -0.744. The van der Waals surface area contributed by atoms with Gasteiger partial charge in [0.1, 0.15) is 36.3 Å². The van der Waals surface area contributed by atoms with Crippen LogP contribution in [0.2, 0.25) is 0 Å². The van der Waals surface area contributed by atoms with Crippen LogP contribution in [0.25, 0.3) is 21.8 Å². The van der Waals surface area contributed by atoms with E-state index in [1.807, 2.05) is 53.8 Å². The summed E-state index contributed by atoms with van der Waals surface area (Å²) in [6.45, 7) is 10.2. The van der Waals surface area contributed by atoms with Crippen molar-refractivity contribution in [2.75, 3.05) is 71.5 Å². The van der Waals surface area contributed by atoms with E-state index in [-0.39, 0.29) is 29.6 Å². The molecule has 0 spiro atoms. The van der Waals surface area contributed by atoms with E-state index in [9.17, 15) is 14.4 Å². The molecule has 1 amide bonds. The molecule has 53 heavy (non-hydrogen) atoms. The molecular weight excluding hydrogens is 679 g/mol. The van der Waals surface area contributed by atoms with Gasteiger partial charge in [-0.2, -0.15) is 0 Å². The molecule has 2 bridgehead atoms. The predicted octanol–water partition coefficient (Wildman–Crippen LogP) is 4.31. The van der Waals surface area contributed by atoms with E-state index >= 15 is 4.39 Å². The van der Waals surface area contributed by atoms with Crippen LogP contribution in [0.1, 0.15) is 47.8 Å². The molecule has 9 rings (SSSR count). The van der Waals surface area contributed by atoms with Gasteiger partial charge in [0, 0.05) is 56.1 Å². The van der Waals surface area contributed by atoms with Crippen LogP contribution in [0.3, 0.4) is 0 Å². The number of aromatic nitrogens is 2. The first-order valence-corrected chi connectivity index (χ1v) is 18.4. The lowest BCUT2D eigenvalue weighted by Crippen LogP contribution is -2.55. The molecule has 0 saturated carbocycles. The number of carbonyl (C=O) groups excluding carboxylic acids is 2. The number of methoxy groups -OCH3 is 1. The zero-order valence-corrected chi connectivity index (χ0v) is 30.3. The number of ether oxygens (including phenoxy) is 3. The van der Waals surface area contributed by atoms with Crippen LogP contribution in [0.15, 0.2) is 60.2 Å². The average Bonchev–Trinajstić information content (AvgIpc) is 3.18. The van der Waals surface area contributed by atoms with Gasteiger partial charge in [-0.1, -0.05) is 6.08 Å². The summed E-state index contributed by atoms with van der Waals surface area (Å²) in [5.74, 6) is -0.202. The summed E-state index contributed by atoms with van der Waals surface area (Å²) in [6.07, 6.45) is 6.44. The number of pyridine rings is 2. The third-order valence-corrected chi connectivity index (χ3v) is 11.7. The Morgan fingerprint density at radius 1 is 1.15 bits per heavy atom. The summed E-state index contributed by atoms with van der Waals surface area (Å²) in [4.78, 5) is 52.3. The summed E-state index contributed by atoms with van der Waals surface area (Å²) in [7, 11) is 3.63. The molecule has 4 saturated heterocycles. The Morgan fingerprint density at radius 2 is 1.96 bits per heavy atom. The molecule has 12 nitrogen and oxygen atoms in total. The average molecular weight is 725 g/mol. The summed E-state index contributed by atoms with van der Waals surface area (Å²) in [5, 5.41) is 3.49. The molecule has 1 unspecified atom stereocenters. The fourth-order valence-corrected chi connectivity index (χ4v) is 8.69. The molecule has 0 aliphatic carbocycles. The first kappa shape index (κ1) is 35.0. The topological polar surface area (TPSA) is 118 Å². The number of likely N-dealkylation sites (N-methyl/N-ethyl adjacent to an activating group) is 1. The number of hydrogen-bond acceptors (Lipinski definition) is 10. The molecule has 4 aromatic rings. The maximum absolute atomic E-state index is 15.9. The molecule has 0 radical (unpaired) electrons. The van der Waals surface area contributed by atoms with Crippen molar-refractivity contribution >= 4 is 39.4 Å². The first-order chi connectivity index (χ1) is 25.6. The van der Waals surface area contributed by atoms with Gasteiger partial charge in [-0.25, -0.2) is 4.39 Å². The zero-order chi connectivity index (χ0) is 37.0. The quantitative estimate of drug-likeness (QED) is 0.198. The lowest BCUT2D eigenvalue weighted by Gasteiger charge is -2.51. The minimum Gasteiger partial charge on any atom is -0.497 e. The third-order valence-electron chi connectivity index (χ3n) is 11.7. The Balaban J connectivity index is 1.07. The van der Waals surface area contributed by atoms with E-state index in [2.05, 4.69) is 26.7 Å². The highest BCUT2D eigenvalue weighted by atomic mass is 19.1. The highest BCUT2D eigenvalue weighted by Crippen LogP contribution is 2.44. The molecular formula is C40H45FN6O6. The molecule has 1 N–H and O–H groups in total. The molecule has 5 aliphatic heterocycles. The fraction of sp³-hybridized carbons (Fsp3) is 0.450. The number of amides is 1. The molecule has 278 valence electrons. The smallest absolute Gasteiger partial charge is 0.326 e. The normalized spacial score (nSPS) is 24.5.